The second kappa shape index (κ2) is 6.48. The van der Waals surface area contributed by atoms with Gasteiger partial charge in [-0.1, -0.05) is 34.9 Å². The number of amides is 1. The van der Waals surface area contributed by atoms with Crippen LogP contribution >= 0.6 is 0 Å². The van der Waals surface area contributed by atoms with Crippen LogP contribution in [0.15, 0.2) is 29.4 Å². The first-order valence-electron chi connectivity index (χ1n) is 5.05. The minimum absolute atomic E-state index is 0.135. The molecular formula is C11H14N4O. The molecule has 1 rings (SSSR count). The summed E-state index contributed by atoms with van der Waals surface area (Å²) < 4.78 is 0. The molecule has 0 saturated heterocycles. The molecule has 1 aromatic rings. The largest absolute Gasteiger partial charge is 0.356 e. The normalized spacial score (nSPS) is 9.31. The highest BCUT2D eigenvalue weighted by Crippen LogP contribution is 2.02. The van der Waals surface area contributed by atoms with Gasteiger partial charge in [-0.05, 0) is 24.4 Å². The number of rotatable bonds is 5. The topological polar surface area (TPSA) is 77.9 Å². The summed E-state index contributed by atoms with van der Waals surface area (Å²) in [4.78, 5) is 13.6. The minimum atomic E-state index is -0.245. The van der Waals surface area contributed by atoms with Crippen molar-refractivity contribution in [1.29, 1.82) is 0 Å². The third-order valence-corrected chi connectivity index (χ3v) is 2.13. The number of carbonyl (C=O) groups excluding carboxylic acids is 1. The van der Waals surface area contributed by atoms with Gasteiger partial charge < -0.3 is 5.32 Å². The first kappa shape index (κ1) is 12.1. The summed E-state index contributed by atoms with van der Waals surface area (Å²) in [6.45, 7) is 2.46. The third kappa shape index (κ3) is 4.48. The predicted octanol–water partition coefficient (Wildman–Crippen LogP) is 1.96. The second-order valence-corrected chi connectivity index (χ2v) is 3.47. The van der Waals surface area contributed by atoms with Gasteiger partial charge >= 0.3 is 0 Å². The molecule has 0 fully saturated rings. The van der Waals surface area contributed by atoms with Gasteiger partial charge in [0.25, 0.3) is 0 Å². The van der Waals surface area contributed by atoms with Crippen LogP contribution < -0.4 is 5.32 Å². The van der Waals surface area contributed by atoms with Crippen molar-refractivity contribution in [3.8, 4) is 0 Å². The molecule has 0 unspecified atom stereocenters. The van der Waals surface area contributed by atoms with E-state index in [2.05, 4.69) is 15.3 Å². The summed E-state index contributed by atoms with van der Waals surface area (Å²) in [6, 6.07) is 8.15. The van der Waals surface area contributed by atoms with E-state index in [0.29, 0.717) is 6.54 Å². The molecule has 1 aromatic carbocycles. The predicted molar refractivity (Wildman–Crippen MR) is 61.9 cm³/mol. The molecule has 0 saturated carbocycles. The van der Waals surface area contributed by atoms with Crippen LogP contribution in [0, 0.1) is 6.92 Å². The SMILES string of the molecule is Cc1ccc(CCNC(=O)CN=[N+]=[N-])cc1. The lowest BCUT2D eigenvalue weighted by Gasteiger charge is -2.03. The lowest BCUT2D eigenvalue weighted by atomic mass is 10.1. The standard InChI is InChI=1S/C11H14N4O/c1-9-2-4-10(5-3-9)6-7-13-11(16)8-14-15-12/h2-5H,6-8H2,1H3,(H,13,16). The van der Waals surface area contributed by atoms with Crippen LogP contribution in [0.3, 0.4) is 0 Å². The van der Waals surface area contributed by atoms with Gasteiger partial charge in [0.2, 0.25) is 5.91 Å². The summed E-state index contributed by atoms with van der Waals surface area (Å²) in [5, 5.41) is 5.85. The van der Waals surface area contributed by atoms with E-state index in [4.69, 9.17) is 5.53 Å². The van der Waals surface area contributed by atoms with E-state index in [9.17, 15) is 4.79 Å². The van der Waals surface area contributed by atoms with Crippen molar-refractivity contribution in [2.45, 2.75) is 13.3 Å². The summed E-state index contributed by atoms with van der Waals surface area (Å²) in [6.07, 6.45) is 0.780. The Labute approximate surface area is 94.1 Å². The van der Waals surface area contributed by atoms with E-state index in [1.54, 1.807) is 0 Å². The zero-order valence-electron chi connectivity index (χ0n) is 9.18. The molecule has 1 N–H and O–H groups in total. The molecule has 5 nitrogen and oxygen atoms in total. The lowest BCUT2D eigenvalue weighted by Crippen LogP contribution is -2.27. The number of hydrogen-bond acceptors (Lipinski definition) is 2. The fourth-order valence-corrected chi connectivity index (χ4v) is 1.25. The van der Waals surface area contributed by atoms with E-state index in [1.165, 1.54) is 11.1 Å². The number of aryl methyl sites for hydroxylation is 1. The maximum Gasteiger partial charge on any atom is 0.225 e. The fraction of sp³-hybridized carbons (Fsp3) is 0.364. The summed E-state index contributed by atoms with van der Waals surface area (Å²) in [5.41, 5.74) is 10.4. The highest BCUT2D eigenvalue weighted by molar-refractivity contribution is 5.78. The number of nitrogens with one attached hydrogen (secondary N) is 1. The van der Waals surface area contributed by atoms with Crippen LogP contribution in [-0.4, -0.2) is 19.0 Å². The molecule has 0 aliphatic rings. The Bertz CT molecular complexity index is 393. The zero-order chi connectivity index (χ0) is 11.8. The molecule has 0 aliphatic carbocycles. The molecule has 0 spiro atoms. The minimum Gasteiger partial charge on any atom is -0.356 e. The molecule has 1 amide bonds. The zero-order valence-corrected chi connectivity index (χ0v) is 9.18. The van der Waals surface area contributed by atoms with Crippen LogP contribution in [0.2, 0.25) is 0 Å². The van der Waals surface area contributed by atoms with Gasteiger partial charge in [0.15, 0.2) is 0 Å². The van der Waals surface area contributed by atoms with E-state index in [1.807, 2.05) is 31.2 Å². The average Bonchev–Trinajstić information content (AvgIpc) is 2.29. The fourth-order valence-electron chi connectivity index (χ4n) is 1.25. The molecule has 0 aliphatic heterocycles. The van der Waals surface area contributed by atoms with Crippen molar-refractivity contribution < 1.29 is 4.79 Å². The highest BCUT2D eigenvalue weighted by atomic mass is 16.1. The van der Waals surface area contributed by atoms with E-state index >= 15 is 0 Å². The van der Waals surface area contributed by atoms with Crippen molar-refractivity contribution in [2.75, 3.05) is 13.1 Å². The average molecular weight is 218 g/mol. The maximum absolute atomic E-state index is 11.1. The molecule has 84 valence electrons. The highest BCUT2D eigenvalue weighted by Gasteiger charge is 1.98. The third-order valence-electron chi connectivity index (χ3n) is 2.13. The number of azide groups is 1. The molecule has 0 aromatic heterocycles. The van der Waals surface area contributed by atoms with Crippen molar-refractivity contribution in [2.24, 2.45) is 5.11 Å². The number of hydrogen-bond donors (Lipinski definition) is 1. The van der Waals surface area contributed by atoms with Crippen LogP contribution in [0.1, 0.15) is 11.1 Å². The molecule has 16 heavy (non-hydrogen) atoms. The summed E-state index contributed by atoms with van der Waals surface area (Å²) >= 11 is 0. The van der Waals surface area contributed by atoms with Gasteiger partial charge in [0, 0.05) is 11.5 Å². The van der Waals surface area contributed by atoms with Crippen LogP contribution in [0.5, 0.6) is 0 Å². The van der Waals surface area contributed by atoms with Gasteiger partial charge in [0.1, 0.15) is 6.54 Å². The Hall–Kier alpha value is -2.00. The van der Waals surface area contributed by atoms with E-state index < -0.39 is 0 Å². The van der Waals surface area contributed by atoms with Crippen LogP contribution in [0.25, 0.3) is 10.4 Å². The van der Waals surface area contributed by atoms with Crippen LogP contribution in [-0.2, 0) is 11.2 Å². The van der Waals surface area contributed by atoms with Crippen LogP contribution in [0.4, 0.5) is 0 Å². The van der Waals surface area contributed by atoms with Gasteiger partial charge in [-0.15, -0.1) is 0 Å². The summed E-state index contributed by atoms with van der Waals surface area (Å²) in [5.74, 6) is -0.245. The van der Waals surface area contributed by atoms with Gasteiger partial charge in [-0.3, -0.25) is 4.79 Å². The van der Waals surface area contributed by atoms with Crippen molar-refractivity contribution in [1.82, 2.24) is 5.32 Å². The summed E-state index contributed by atoms with van der Waals surface area (Å²) in [7, 11) is 0. The van der Waals surface area contributed by atoms with E-state index in [-0.39, 0.29) is 12.5 Å². The second-order valence-electron chi connectivity index (χ2n) is 3.47. The first-order valence-corrected chi connectivity index (χ1v) is 5.05. The smallest absolute Gasteiger partial charge is 0.225 e. The Morgan fingerprint density at radius 2 is 2.12 bits per heavy atom. The number of nitrogens with zero attached hydrogens (tertiary/aromatic N) is 3. The Balaban J connectivity index is 2.27. The van der Waals surface area contributed by atoms with Crippen molar-refractivity contribution >= 4 is 5.91 Å². The quantitative estimate of drug-likeness (QED) is 0.457. The van der Waals surface area contributed by atoms with Gasteiger partial charge in [-0.25, -0.2) is 0 Å². The molecule has 0 radical (unpaired) electrons. The molecule has 0 atom stereocenters. The Morgan fingerprint density at radius 3 is 2.75 bits per heavy atom. The molecular weight excluding hydrogens is 204 g/mol. The van der Waals surface area contributed by atoms with E-state index in [0.717, 1.165) is 6.42 Å². The molecule has 0 heterocycles. The first-order chi connectivity index (χ1) is 7.72. The van der Waals surface area contributed by atoms with Crippen molar-refractivity contribution in [3.05, 3.63) is 45.8 Å². The van der Waals surface area contributed by atoms with Gasteiger partial charge in [-0.2, -0.15) is 0 Å². The maximum atomic E-state index is 11.1. The number of benzene rings is 1. The molecule has 5 heteroatoms. The lowest BCUT2D eigenvalue weighted by molar-refractivity contribution is -0.119. The van der Waals surface area contributed by atoms with Crippen molar-refractivity contribution in [3.63, 3.8) is 0 Å². The molecule has 0 bridgehead atoms. The van der Waals surface area contributed by atoms with Gasteiger partial charge in [0.05, 0.1) is 0 Å². The number of carbonyl (C=O) groups is 1. The monoisotopic (exact) mass is 218 g/mol. The Kier molecular flexibility index (Phi) is 4.89. The Morgan fingerprint density at radius 1 is 1.44 bits per heavy atom.